The molecule has 0 heterocycles. The van der Waals surface area contributed by atoms with Crippen molar-refractivity contribution in [2.45, 2.75) is 43.7 Å². The van der Waals surface area contributed by atoms with E-state index in [0.29, 0.717) is 0 Å². The van der Waals surface area contributed by atoms with Gasteiger partial charge in [-0.25, -0.2) is 0 Å². The first kappa shape index (κ1) is 20.0. The highest BCUT2D eigenvalue weighted by atomic mass is 32.2. The minimum atomic E-state index is -0.629. The average molecular weight is 371 g/mol. The van der Waals surface area contributed by atoms with Gasteiger partial charge in [0.2, 0.25) is 6.10 Å². The summed E-state index contributed by atoms with van der Waals surface area (Å²) in [7, 11) is 0. The Kier molecular flexibility index (Phi) is 8.22. The molecule has 1 amide bonds. The van der Waals surface area contributed by atoms with Gasteiger partial charge in [-0.05, 0) is 56.2 Å². The molecule has 4 nitrogen and oxygen atoms in total. The summed E-state index contributed by atoms with van der Waals surface area (Å²) in [4.78, 5) is 18.7. The van der Waals surface area contributed by atoms with Crippen molar-refractivity contribution in [3.63, 3.8) is 0 Å². The maximum absolute atomic E-state index is 12.2. The van der Waals surface area contributed by atoms with E-state index in [9.17, 15) is 4.79 Å². The number of benzene rings is 2. The molecule has 2 aromatic carbocycles. The van der Waals surface area contributed by atoms with Crippen molar-refractivity contribution in [3.05, 3.63) is 65.7 Å². The second kappa shape index (κ2) is 10.7. The first-order chi connectivity index (χ1) is 12.6. The fourth-order valence-corrected chi connectivity index (χ4v) is 2.79. The van der Waals surface area contributed by atoms with Crippen LogP contribution in [-0.2, 0) is 16.1 Å². The first-order valence-electron chi connectivity index (χ1n) is 8.76. The van der Waals surface area contributed by atoms with E-state index in [1.165, 1.54) is 10.5 Å². The fourth-order valence-electron chi connectivity index (χ4n) is 2.38. The molecule has 0 fully saturated rings. The van der Waals surface area contributed by atoms with Gasteiger partial charge in [-0.1, -0.05) is 47.6 Å². The molecule has 0 saturated heterocycles. The maximum atomic E-state index is 12.2. The SMILES string of the molecule is CSc1ccc(/C=N\O[C@H](C)C(=O)N[C@H](C)CCc2ccccc2)cc1. The molecule has 1 N–H and O–H groups in total. The first-order valence-corrected chi connectivity index (χ1v) is 9.98. The zero-order chi connectivity index (χ0) is 18.8. The van der Waals surface area contributed by atoms with Crippen LogP contribution < -0.4 is 5.32 Å². The molecule has 2 rings (SSSR count). The molecule has 138 valence electrons. The van der Waals surface area contributed by atoms with E-state index in [1.54, 1.807) is 24.9 Å². The third kappa shape index (κ3) is 6.92. The molecule has 2 atom stereocenters. The Morgan fingerprint density at radius 1 is 1.15 bits per heavy atom. The average Bonchev–Trinajstić information content (AvgIpc) is 2.67. The Morgan fingerprint density at radius 3 is 2.50 bits per heavy atom. The van der Waals surface area contributed by atoms with Crippen molar-refractivity contribution in [1.29, 1.82) is 0 Å². The van der Waals surface area contributed by atoms with Crippen LogP contribution in [-0.4, -0.2) is 30.5 Å². The topological polar surface area (TPSA) is 50.7 Å². The van der Waals surface area contributed by atoms with Crippen molar-refractivity contribution in [1.82, 2.24) is 5.32 Å². The normalized spacial score (nSPS) is 13.3. The van der Waals surface area contributed by atoms with E-state index in [-0.39, 0.29) is 11.9 Å². The van der Waals surface area contributed by atoms with Gasteiger partial charge < -0.3 is 10.2 Å². The van der Waals surface area contributed by atoms with Crippen LogP contribution in [0, 0.1) is 0 Å². The van der Waals surface area contributed by atoms with Gasteiger partial charge in [0.25, 0.3) is 5.91 Å². The van der Waals surface area contributed by atoms with Gasteiger partial charge in [0.1, 0.15) is 0 Å². The van der Waals surface area contributed by atoms with Gasteiger partial charge in [-0.15, -0.1) is 11.8 Å². The van der Waals surface area contributed by atoms with Crippen molar-refractivity contribution in [3.8, 4) is 0 Å². The largest absolute Gasteiger partial charge is 0.383 e. The summed E-state index contributed by atoms with van der Waals surface area (Å²) in [6.07, 6.45) is 4.84. The molecule has 0 unspecified atom stereocenters. The molecule has 0 saturated carbocycles. The zero-order valence-electron chi connectivity index (χ0n) is 15.5. The zero-order valence-corrected chi connectivity index (χ0v) is 16.3. The summed E-state index contributed by atoms with van der Waals surface area (Å²) in [5.41, 5.74) is 2.21. The smallest absolute Gasteiger partial charge is 0.263 e. The summed E-state index contributed by atoms with van der Waals surface area (Å²) in [6, 6.07) is 18.3. The van der Waals surface area contributed by atoms with Crippen LogP contribution in [0.5, 0.6) is 0 Å². The van der Waals surface area contributed by atoms with E-state index in [4.69, 9.17) is 4.84 Å². The summed E-state index contributed by atoms with van der Waals surface area (Å²) < 4.78 is 0. The van der Waals surface area contributed by atoms with Gasteiger partial charge >= 0.3 is 0 Å². The van der Waals surface area contributed by atoms with Gasteiger partial charge in [0.15, 0.2) is 0 Å². The quantitative estimate of drug-likeness (QED) is 0.407. The molecular formula is C21H26N2O2S. The highest BCUT2D eigenvalue weighted by Gasteiger charge is 2.16. The highest BCUT2D eigenvalue weighted by molar-refractivity contribution is 7.98. The van der Waals surface area contributed by atoms with Gasteiger partial charge in [0.05, 0.1) is 6.21 Å². The Labute approximate surface area is 160 Å². The molecule has 0 spiro atoms. The lowest BCUT2D eigenvalue weighted by molar-refractivity contribution is -0.132. The maximum Gasteiger partial charge on any atom is 0.263 e. The standard InChI is InChI=1S/C21H26N2O2S/c1-16(9-10-18-7-5-4-6-8-18)23-21(24)17(2)25-22-15-19-11-13-20(26-3)14-12-19/h4-8,11-17H,9-10H2,1-3H3,(H,23,24)/b22-15-/t16-,17-/m1/s1. The predicted molar refractivity (Wildman–Crippen MR) is 109 cm³/mol. The third-order valence-corrected chi connectivity index (χ3v) is 4.75. The molecule has 0 aliphatic heterocycles. The van der Waals surface area contributed by atoms with E-state index < -0.39 is 6.10 Å². The Morgan fingerprint density at radius 2 is 1.85 bits per heavy atom. The van der Waals surface area contributed by atoms with Crippen LogP contribution >= 0.6 is 11.8 Å². The molecule has 0 radical (unpaired) electrons. The molecule has 0 aliphatic carbocycles. The Balaban J connectivity index is 1.72. The van der Waals surface area contributed by atoms with E-state index in [1.807, 2.05) is 55.6 Å². The number of aryl methyl sites for hydroxylation is 1. The molecule has 5 heteroatoms. The molecule has 0 aliphatic rings. The number of nitrogens with one attached hydrogen (secondary N) is 1. The number of nitrogens with zero attached hydrogens (tertiary/aromatic N) is 1. The summed E-state index contributed by atoms with van der Waals surface area (Å²) in [6.45, 7) is 3.71. The number of hydrogen-bond donors (Lipinski definition) is 1. The monoisotopic (exact) mass is 370 g/mol. The number of hydrogen-bond acceptors (Lipinski definition) is 4. The molecule has 0 aromatic heterocycles. The van der Waals surface area contributed by atoms with E-state index >= 15 is 0 Å². The Bertz CT molecular complexity index is 702. The van der Waals surface area contributed by atoms with Crippen LogP contribution in [0.15, 0.2) is 64.6 Å². The summed E-state index contributed by atoms with van der Waals surface area (Å²) in [5.74, 6) is -0.152. The highest BCUT2D eigenvalue weighted by Crippen LogP contribution is 2.14. The van der Waals surface area contributed by atoms with Crippen LogP contribution in [0.25, 0.3) is 0 Å². The number of thioether (sulfide) groups is 1. The van der Waals surface area contributed by atoms with Crippen molar-refractivity contribution < 1.29 is 9.63 Å². The number of rotatable bonds is 9. The van der Waals surface area contributed by atoms with Crippen molar-refractivity contribution >= 4 is 23.9 Å². The lowest BCUT2D eigenvalue weighted by atomic mass is 10.1. The fraction of sp³-hybridized carbons (Fsp3) is 0.333. The van der Waals surface area contributed by atoms with Crippen molar-refractivity contribution in [2.75, 3.05) is 6.26 Å². The Hall–Kier alpha value is -2.27. The summed E-state index contributed by atoms with van der Waals surface area (Å²) >= 11 is 1.69. The predicted octanol–water partition coefficient (Wildman–Crippen LogP) is 4.29. The molecule has 2 aromatic rings. The lowest BCUT2D eigenvalue weighted by Gasteiger charge is -2.16. The lowest BCUT2D eigenvalue weighted by Crippen LogP contribution is -2.39. The molecule has 26 heavy (non-hydrogen) atoms. The molecular weight excluding hydrogens is 344 g/mol. The van der Waals surface area contributed by atoms with Crippen LogP contribution in [0.1, 0.15) is 31.4 Å². The third-order valence-electron chi connectivity index (χ3n) is 4.00. The second-order valence-electron chi connectivity index (χ2n) is 6.19. The number of oxime groups is 1. The van der Waals surface area contributed by atoms with Crippen LogP contribution in [0.2, 0.25) is 0 Å². The van der Waals surface area contributed by atoms with E-state index in [0.717, 1.165) is 18.4 Å². The van der Waals surface area contributed by atoms with Gasteiger partial charge in [-0.2, -0.15) is 0 Å². The minimum absolute atomic E-state index is 0.0804. The second-order valence-corrected chi connectivity index (χ2v) is 7.07. The minimum Gasteiger partial charge on any atom is -0.383 e. The van der Waals surface area contributed by atoms with Crippen LogP contribution in [0.3, 0.4) is 0 Å². The van der Waals surface area contributed by atoms with Gasteiger partial charge in [0, 0.05) is 10.9 Å². The van der Waals surface area contributed by atoms with E-state index in [2.05, 4.69) is 22.6 Å². The number of amides is 1. The van der Waals surface area contributed by atoms with Crippen molar-refractivity contribution in [2.24, 2.45) is 5.16 Å². The number of carbonyl (C=O) groups is 1. The summed E-state index contributed by atoms with van der Waals surface area (Å²) in [5, 5.41) is 6.90. The van der Waals surface area contributed by atoms with Gasteiger partial charge in [-0.3, -0.25) is 4.79 Å². The number of carbonyl (C=O) groups excluding carboxylic acids is 1. The van der Waals surface area contributed by atoms with Crippen LogP contribution in [0.4, 0.5) is 0 Å². The molecule has 0 bridgehead atoms.